The molecule has 112 valence electrons. The van der Waals surface area contributed by atoms with Gasteiger partial charge in [0, 0.05) is 38.8 Å². The normalized spacial score (nSPS) is 17.9. The molecule has 1 aromatic carbocycles. The van der Waals surface area contributed by atoms with Crippen molar-refractivity contribution in [2.24, 2.45) is 0 Å². The van der Waals surface area contributed by atoms with Gasteiger partial charge in [-0.05, 0) is 19.1 Å². The first kappa shape index (κ1) is 14.9. The largest absolute Gasteiger partial charge is 0.497 e. The van der Waals surface area contributed by atoms with E-state index in [4.69, 9.17) is 9.47 Å². The summed E-state index contributed by atoms with van der Waals surface area (Å²) in [5.74, 6) is 1.71. The first-order valence-electron chi connectivity index (χ1n) is 7.01. The zero-order chi connectivity index (χ0) is 14.5. The lowest BCUT2D eigenvalue weighted by Crippen LogP contribution is -2.48. The van der Waals surface area contributed by atoms with Crippen LogP contribution < -0.4 is 14.4 Å². The van der Waals surface area contributed by atoms with Crippen molar-refractivity contribution in [2.45, 2.75) is 13.0 Å². The summed E-state index contributed by atoms with van der Waals surface area (Å²) in [6.45, 7) is 6.32. The van der Waals surface area contributed by atoms with Gasteiger partial charge in [-0.15, -0.1) is 0 Å². The van der Waals surface area contributed by atoms with Gasteiger partial charge in [0.2, 0.25) is 0 Å². The number of methoxy groups -OCH3 is 2. The van der Waals surface area contributed by atoms with Crippen molar-refractivity contribution >= 4 is 5.69 Å². The maximum Gasteiger partial charge on any atom is 0.142 e. The van der Waals surface area contributed by atoms with Gasteiger partial charge in [0.05, 0.1) is 26.0 Å². The van der Waals surface area contributed by atoms with Gasteiger partial charge in [0.1, 0.15) is 11.5 Å². The molecule has 0 aromatic heterocycles. The standard InChI is InChI=1S/C15H24N2O3/c1-12(18)11-16-6-8-17(9-7-16)14-10-13(19-2)4-5-15(14)20-3/h4-5,10,12,18H,6-9,11H2,1-3H3. The summed E-state index contributed by atoms with van der Waals surface area (Å²) < 4.78 is 10.7. The molecule has 2 rings (SSSR count). The van der Waals surface area contributed by atoms with E-state index in [1.54, 1.807) is 14.2 Å². The molecule has 1 fully saturated rings. The highest BCUT2D eigenvalue weighted by molar-refractivity contribution is 5.62. The van der Waals surface area contributed by atoms with Crippen LogP contribution >= 0.6 is 0 Å². The van der Waals surface area contributed by atoms with E-state index in [2.05, 4.69) is 9.80 Å². The van der Waals surface area contributed by atoms with Gasteiger partial charge in [0.15, 0.2) is 0 Å². The van der Waals surface area contributed by atoms with Crippen LogP contribution in [0.1, 0.15) is 6.92 Å². The van der Waals surface area contributed by atoms with E-state index in [-0.39, 0.29) is 6.10 Å². The van der Waals surface area contributed by atoms with Crippen LogP contribution in [0.15, 0.2) is 18.2 Å². The Bertz CT molecular complexity index is 429. The van der Waals surface area contributed by atoms with Crippen molar-refractivity contribution in [3.05, 3.63) is 18.2 Å². The number of nitrogens with zero attached hydrogens (tertiary/aromatic N) is 2. The molecule has 5 heteroatoms. The Morgan fingerprint density at radius 3 is 2.40 bits per heavy atom. The number of piperazine rings is 1. The van der Waals surface area contributed by atoms with Gasteiger partial charge in [-0.1, -0.05) is 0 Å². The van der Waals surface area contributed by atoms with E-state index in [1.807, 2.05) is 25.1 Å². The Kier molecular flexibility index (Phi) is 5.09. The SMILES string of the molecule is COc1ccc(OC)c(N2CCN(CC(C)O)CC2)c1. The van der Waals surface area contributed by atoms with Crippen molar-refractivity contribution in [2.75, 3.05) is 51.8 Å². The molecule has 1 heterocycles. The molecule has 0 aliphatic carbocycles. The number of hydrogen-bond acceptors (Lipinski definition) is 5. The lowest BCUT2D eigenvalue weighted by Gasteiger charge is -2.37. The van der Waals surface area contributed by atoms with Gasteiger partial charge in [-0.2, -0.15) is 0 Å². The minimum Gasteiger partial charge on any atom is -0.497 e. The fourth-order valence-corrected chi connectivity index (χ4v) is 2.59. The van der Waals surface area contributed by atoms with E-state index < -0.39 is 0 Å². The van der Waals surface area contributed by atoms with Crippen LogP contribution in [0.25, 0.3) is 0 Å². The first-order chi connectivity index (χ1) is 9.63. The van der Waals surface area contributed by atoms with Gasteiger partial charge in [-0.3, -0.25) is 4.90 Å². The van der Waals surface area contributed by atoms with Gasteiger partial charge >= 0.3 is 0 Å². The number of aliphatic hydroxyl groups excluding tert-OH is 1. The van der Waals surface area contributed by atoms with E-state index in [1.165, 1.54) is 0 Å². The fourth-order valence-electron chi connectivity index (χ4n) is 2.59. The number of hydrogen-bond donors (Lipinski definition) is 1. The monoisotopic (exact) mass is 280 g/mol. The summed E-state index contributed by atoms with van der Waals surface area (Å²) in [5.41, 5.74) is 1.07. The van der Waals surface area contributed by atoms with E-state index in [9.17, 15) is 5.11 Å². The van der Waals surface area contributed by atoms with Crippen LogP contribution in [0.2, 0.25) is 0 Å². The zero-order valence-electron chi connectivity index (χ0n) is 12.5. The topological polar surface area (TPSA) is 45.2 Å². The number of anilines is 1. The van der Waals surface area contributed by atoms with Gasteiger partial charge < -0.3 is 19.5 Å². The molecule has 0 amide bonds. The molecule has 0 spiro atoms. The molecular formula is C15H24N2O3. The molecule has 1 aliphatic rings. The molecule has 0 saturated carbocycles. The maximum absolute atomic E-state index is 9.45. The van der Waals surface area contributed by atoms with Gasteiger partial charge in [0.25, 0.3) is 0 Å². The second-order valence-corrected chi connectivity index (χ2v) is 5.17. The summed E-state index contributed by atoms with van der Waals surface area (Å²) in [5, 5.41) is 9.45. The molecule has 1 aliphatic heterocycles. The molecular weight excluding hydrogens is 256 g/mol. The lowest BCUT2D eigenvalue weighted by atomic mass is 10.2. The predicted octanol–water partition coefficient (Wildman–Crippen LogP) is 1.21. The number of benzene rings is 1. The van der Waals surface area contributed by atoms with Crippen molar-refractivity contribution in [3.8, 4) is 11.5 Å². The van der Waals surface area contributed by atoms with E-state index in [0.717, 1.165) is 49.9 Å². The summed E-state index contributed by atoms with van der Waals surface area (Å²) in [6.07, 6.45) is -0.270. The Morgan fingerprint density at radius 2 is 1.85 bits per heavy atom. The molecule has 0 radical (unpaired) electrons. The minimum absolute atomic E-state index is 0.270. The average Bonchev–Trinajstić information content (AvgIpc) is 2.46. The van der Waals surface area contributed by atoms with Crippen molar-refractivity contribution in [1.82, 2.24) is 4.90 Å². The molecule has 20 heavy (non-hydrogen) atoms. The third kappa shape index (κ3) is 3.55. The smallest absolute Gasteiger partial charge is 0.142 e. The van der Waals surface area contributed by atoms with Crippen LogP contribution in [-0.2, 0) is 0 Å². The summed E-state index contributed by atoms with van der Waals surface area (Å²) in [6, 6.07) is 5.87. The van der Waals surface area contributed by atoms with Crippen molar-refractivity contribution < 1.29 is 14.6 Å². The zero-order valence-corrected chi connectivity index (χ0v) is 12.5. The summed E-state index contributed by atoms with van der Waals surface area (Å²) >= 11 is 0. The number of ether oxygens (including phenoxy) is 2. The highest BCUT2D eigenvalue weighted by atomic mass is 16.5. The quantitative estimate of drug-likeness (QED) is 0.878. The third-order valence-corrected chi connectivity index (χ3v) is 3.62. The Labute approximate surface area is 120 Å². The number of rotatable bonds is 5. The number of β-amino-alcohol motifs (C(OH)–C–C–N with tert-alkyl or cyclic N) is 1. The highest BCUT2D eigenvalue weighted by Crippen LogP contribution is 2.32. The Morgan fingerprint density at radius 1 is 1.15 bits per heavy atom. The van der Waals surface area contributed by atoms with Crippen molar-refractivity contribution in [3.63, 3.8) is 0 Å². The summed E-state index contributed by atoms with van der Waals surface area (Å²) in [4.78, 5) is 4.59. The highest BCUT2D eigenvalue weighted by Gasteiger charge is 2.20. The molecule has 1 aromatic rings. The predicted molar refractivity (Wildman–Crippen MR) is 79.9 cm³/mol. The third-order valence-electron chi connectivity index (χ3n) is 3.62. The summed E-state index contributed by atoms with van der Waals surface area (Å²) in [7, 11) is 3.36. The van der Waals surface area contributed by atoms with Crippen LogP contribution in [0.5, 0.6) is 11.5 Å². The van der Waals surface area contributed by atoms with Crippen LogP contribution in [0.3, 0.4) is 0 Å². The van der Waals surface area contributed by atoms with Gasteiger partial charge in [-0.25, -0.2) is 0 Å². The minimum atomic E-state index is -0.270. The Hall–Kier alpha value is -1.46. The molecule has 1 N–H and O–H groups in total. The molecule has 1 unspecified atom stereocenters. The first-order valence-corrected chi connectivity index (χ1v) is 7.01. The van der Waals surface area contributed by atoms with Crippen LogP contribution in [0.4, 0.5) is 5.69 Å². The molecule has 0 bridgehead atoms. The van der Waals surface area contributed by atoms with E-state index >= 15 is 0 Å². The van der Waals surface area contributed by atoms with Crippen LogP contribution in [-0.4, -0.2) is 63.1 Å². The Balaban J connectivity index is 2.05. The van der Waals surface area contributed by atoms with Crippen molar-refractivity contribution in [1.29, 1.82) is 0 Å². The second-order valence-electron chi connectivity index (χ2n) is 5.17. The molecule has 1 atom stereocenters. The fraction of sp³-hybridized carbons (Fsp3) is 0.600. The second kappa shape index (κ2) is 6.81. The van der Waals surface area contributed by atoms with E-state index in [0.29, 0.717) is 0 Å². The van der Waals surface area contributed by atoms with Crippen LogP contribution in [0, 0.1) is 0 Å². The lowest BCUT2D eigenvalue weighted by molar-refractivity contribution is 0.122. The molecule has 1 saturated heterocycles. The molecule has 5 nitrogen and oxygen atoms in total. The average molecular weight is 280 g/mol. The maximum atomic E-state index is 9.45. The number of aliphatic hydroxyl groups is 1.